The third-order valence-corrected chi connectivity index (χ3v) is 2.01. The molecule has 0 aliphatic rings. The molecule has 0 nitrogen and oxygen atoms in total. The Balaban J connectivity index is 0.00000169. The zero-order chi connectivity index (χ0) is 10.1. The zero-order valence-corrected chi connectivity index (χ0v) is 11.9. The van der Waals surface area contributed by atoms with Crippen LogP contribution in [-0.4, -0.2) is 6.98 Å². The van der Waals surface area contributed by atoms with Gasteiger partial charge >= 0.3 is 58.4 Å². The topological polar surface area (TPSA) is 0 Å². The normalized spacial score (nSPS) is 10.9. The van der Waals surface area contributed by atoms with E-state index in [0.717, 1.165) is 5.56 Å². The van der Waals surface area contributed by atoms with Crippen LogP contribution in [0.1, 0.15) is 11.1 Å². The van der Waals surface area contributed by atoms with Crippen LogP contribution in [0.2, 0.25) is 5.02 Å². The number of rotatable bonds is 2. The van der Waals surface area contributed by atoms with E-state index in [9.17, 15) is 12.9 Å². The molecule has 1 aromatic rings. The van der Waals surface area contributed by atoms with Crippen molar-refractivity contribution >= 4 is 18.6 Å². The van der Waals surface area contributed by atoms with E-state index in [1.807, 2.05) is 0 Å². The first-order valence-electron chi connectivity index (χ1n) is 3.84. The van der Waals surface area contributed by atoms with Crippen LogP contribution in [0.3, 0.4) is 0 Å². The van der Waals surface area contributed by atoms with Gasteiger partial charge in [-0.25, -0.2) is 0 Å². The molecule has 1 aromatic carbocycles. The molecule has 0 bridgehead atoms. The second-order valence-corrected chi connectivity index (χ2v) is 3.42. The Kier molecular flexibility index (Phi) is 6.34. The molecular formula is C8H8BClF3K. The van der Waals surface area contributed by atoms with E-state index in [-0.39, 0.29) is 62.0 Å². The van der Waals surface area contributed by atoms with Crippen molar-refractivity contribution in [3.8, 4) is 0 Å². The quantitative estimate of drug-likeness (QED) is 0.670. The molecule has 0 aliphatic carbocycles. The van der Waals surface area contributed by atoms with Crippen LogP contribution in [0.4, 0.5) is 12.9 Å². The van der Waals surface area contributed by atoms with Crippen LogP contribution in [0.25, 0.3) is 0 Å². The first-order valence-corrected chi connectivity index (χ1v) is 4.22. The predicted octanol–water partition coefficient (Wildman–Crippen LogP) is 0.582. The summed E-state index contributed by atoms with van der Waals surface area (Å²) in [5.74, 6) is 0. The molecule has 0 amide bonds. The maximum atomic E-state index is 12.0. The minimum absolute atomic E-state index is 0. The largest absolute Gasteiger partial charge is 1.00 e. The summed E-state index contributed by atoms with van der Waals surface area (Å²) in [5, 5.41) is 0.194. The molecular weight excluding hydrogens is 238 g/mol. The first kappa shape index (κ1) is 15.0. The molecule has 1 rings (SSSR count). The molecule has 0 fully saturated rings. The molecule has 72 valence electrons. The van der Waals surface area contributed by atoms with Gasteiger partial charge in [0, 0.05) is 5.02 Å². The molecule has 0 aromatic heterocycles. The maximum absolute atomic E-state index is 12.0. The Morgan fingerprint density at radius 1 is 1.29 bits per heavy atom. The molecule has 0 spiro atoms. The van der Waals surface area contributed by atoms with E-state index in [1.165, 1.54) is 6.07 Å². The van der Waals surface area contributed by atoms with E-state index in [4.69, 9.17) is 11.6 Å². The second kappa shape index (κ2) is 5.92. The van der Waals surface area contributed by atoms with Gasteiger partial charge in [0.25, 0.3) is 0 Å². The van der Waals surface area contributed by atoms with Crippen molar-refractivity contribution in [1.82, 2.24) is 0 Å². The monoisotopic (exact) mass is 246 g/mol. The van der Waals surface area contributed by atoms with Crippen molar-refractivity contribution in [1.29, 1.82) is 0 Å². The smallest absolute Gasteiger partial charge is 0.449 e. The number of benzene rings is 1. The fourth-order valence-corrected chi connectivity index (χ4v) is 1.38. The molecule has 6 heteroatoms. The van der Waals surface area contributed by atoms with Gasteiger partial charge in [-0.2, -0.15) is 0 Å². The zero-order valence-electron chi connectivity index (χ0n) is 8.03. The number of hydrogen-bond acceptors (Lipinski definition) is 0. The molecule has 14 heavy (non-hydrogen) atoms. The summed E-state index contributed by atoms with van der Waals surface area (Å²) >= 11 is 5.65. The first-order chi connectivity index (χ1) is 5.88. The molecule has 0 radical (unpaired) electrons. The summed E-state index contributed by atoms with van der Waals surface area (Å²) in [7, 11) is 0. The Morgan fingerprint density at radius 2 is 1.86 bits per heavy atom. The number of halogens is 4. The molecule has 0 atom stereocenters. The molecule has 0 saturated carbocycles. The Labute approximate surface area is 129 Å². The fraction of sp³-hybridized carbons (Fsp3) is 0.250. The summed E-state index contributed by atoms with van der Waals surface area (Å²) in [6.45, 7) is -3.01. The third kappa shape index (κ3) is 5.19. The van der Waals surface area contributed by atoms with Crippen molar-refractivity contribution in [3.63, 3.8) is 0 Å². The standard InChI is InChI=1S/C8H8BClF3.K/c1-6-2-3-7(8(10)4-6)5-9(11,12)13;/h2-4H,5H2,1H3;/q-1;+1. The average molecular weight is 247 g/mol. The second-order valence-electron chi connectivity index (χ2n) is 3.01. The van der Waals surface area contributed by atoms with Gasteiger partial charge in [-0.1, -0.05) is 35.6 Å². The average Bonchev–Trinajstić information content (AvgIpc) is 1.93. The molecule has 0 aliphatic heterocycles. The van der Waals surface area contributed by atoms with Crippen molar-refractivity contribution in [2.45, 2.75) is 13.2 Å². The van der Waals surface area contributed by atoms with Crippen LogP contribution in [0.15, 0.2) is 18.2 Å². The van der Waals surface area contributed by atoms with Crippen molar-refractivity contribution < 1.29 is 64.3 Å². The fourth-order valence-electron chi connectivity index (χ4n) is 1.07. The minimum Gasteiger partial charge on any atom is -0.449 e. The van der Waals surface area contributed by atoms with E-state index in [1.54, 1.807) is 19.1 Å². The van der Waals surface area contributed by atoms with Gasteiger partial charge in [0.05, 0.1) is 0 Å². The van der Waals surface area contributed by atoms with E-state index >= 15 is 0 Å². The van der Waals surface area contributed by atoms with Crippen molar-refractivity contribution in [2.24, 2.45) is 0 Å². The van der Waals surface area contributed by atoms with Gasteiger partial charge in [-0.15, -0.1) is 0 Å². The van der Waals surface area contributed by atoms with Crippen LogP contribution in [0.5, 0.6) is 0 Å². The summed E-state index contributed by atoms with van der Waals surface area (Å²) in [6, 6.07) is 4.59. The Bertz CT molecular complexity index is 314. The van der Waals surface area contributed by atoms with Crippen LogP contribution >= 0.6 is 11.6 Å². The minimum atomic E-state index is -4.80. The van der Waals surface area contributed by atoms with Gasteiger partial charge in [-0.05, 0) is 18.6 Å². The SMILES string of the molecule is Cc1ccc(C[B-](F)(F)F)c(Cl)c1.[K+]. The van der Waals surface area contributed by atoms with Gasteiger partial charge in [0.2, 0.25) is 0 Å². The van der Waals surface area contributed by atoms with Crippen molar-refractivity contribution in [2.75, 3.05) is 0 Å². The van der Waals surface area contributed by atoms with E-state index < -0.39 is 13.3 Å². The van der Waals surface area contributed by atoms with E-state index in [0.29, 0.717) is 0 Å². The summed E-state index contributed by atoms with van der Waals surface area (Å²) in [6.07, 6.45) is -0.904. The summed E-state index contributed by atoms with van der Waals surface area (Å²) in [5.41, 5.74) is 1.02. The van der Waals surface area contributed by atoms with Crippen molar-refractivity contribution in [3.05, 3.63) is 34.3 Å². The van der Waals surface area contributed by atoms with Gasteiger partial charge in [-0.3, -0.25) is 0 Å². The predicted molar refractivity (Wildman–Crippen MR) is 49.0 cm³/mol. The number of hydrogen-bond donors (Lipinski definition) is 0. The Morgan fingerprint density at radius 3 is 2.29 bits per heavy atom. The van der Waals surface area contributed by atoms with Gasteiger partial charge in [0.15, 0.2) is 0 Å². The molecule has 0 N–H and O–H groups in total. The van der Waals surface area contributed by atoms with Crippen LogP contribution in [-0.2, 0) is 6.32 Å². The molecule has 0 saturated heterocycles. The van der Waals surface area contributed by atoms with Crippen LogP contribution < -0.4 is 51.4 Å². The maximum Gasteiger partial charge on any atom is 1.00 e. The third-order valence-electron chi connectivity index (χ3n) is 1.66. The Hall–Kier alpha value is 1.00. The molecule has 0 unspecified atom stereocenters. The number of aryl methyl sites for hydroxylation is 1. The van der Waals surface area contributed by atoms with E-state index in [2.05, 4.69) is 0 Å². The van der Waals surface area contributed by atoms with Gasteiger partial charge in [0.1, 0.15) is 0 Å². The summed E-state index contributed by atoms with van der Waals surface area (Å²) < 4.78 is 36.1. The summed E-state index contributed by atoms with van der Waals surface area (Å²) in [4.78, 5) is 0. The molecule has 0 heterocycles. The van der Waals surface area contributed by atoms with Gasteiger partial charge < -0.3 is 12.9 Å². The van der Waals surface area contributed by atoms with Crippen LogP contribution in [0, 0.1) is 6.92 Å².